The second kappa shape index (κ2) is 19.6. The van der Waals surface area contributed by atoms with E-state index in [0.29, 0.717) is 33.0 Å². The molecule has 1 atom stereocenters. The summed E-state index contributed by atoms with van der Waals surface area (Å²) in [6.45, 7) is 26.4. The molecule has 0 saturated heterocycles. The van der Waals surface area contributed by atoms with Crippen molar-refractivity contribution in [1.29, 1.82) is 0 Å². The number of aldehydes is 1. The van der Waals surface area contributed by atoms with E-state index in [1.54, 1.807) is 6.92 Å². The van der Waals surface area contributed by atoms with E-state index in [1.165, 1.54) is 6.92 Å². The molecule has 0 spiro atoms. The first-order valence-electron chi connectivity index (χ1n) is 11.2. The van der Waals surface area contributed by atoms with E-state index in [4.69, 9.17) is 25.3 Å². The lowest BCUT2D eigenvalue weighted by molar-refractivity contribution is -0.106. The fourth-order valence-electron chi connectivity index (χ4n) is 2.38. The van der Waals surface area contributed by atoms with Crippen molar-refractivity contribution in [2.75, 3.05) is 53.2 Å². The van der Waals surface area contributed by atoms with Gasteiger partial charge in [-0.05, 0) is 27.8 Å². The topological polar surface area (TPSA) is 115 Å². The van der Waals surface area contributed by atoms with Gasteiger partial charge in [-0.25, -0.2) is 5.90 Å². The molecule has 8 heteroatoms. The van der Waals surface area contributed by atoms with Gasteiger partial charge in [-0.15, -0.1) is 0 Å². The van der Waals surface area contributed by atoms with Gasteiger partial charge in [-0.3, -0.25) is 5.32 Å². The summed E-state index contributed by atoms with van der Waals surface area (Å²) >= 11 is 0. The zero-order valence-corrected chi connectivity index (χ0v) is 22.5. The molecule has 0 amide bonds. The van der Waals surface area contributed by atoms with Crippen molar-refractivity contribution < 1.29 is 24.2 Å². The average molecular weight is 464 g/mol. The van der Waals surface area contributed by atoms with Crippen LogP contribution in [0, 0.1) is 16.2 Å². The Morgan fingerprint density at radius 3 is 1.84 bits per heavy atom. The Hall–Kier alpha value is -0.870. The summed E-state index contributed by atoms with van der Waals surface area (Å²) in [6.07, 6.45) is 0.261. The maximum atomic E-state index is 9.16. The molecule has 194 valence electrons. The van der Waals surface area contributed by atoms with Crippen molar-refractivity contribution in [2.45, 2.75) is 68.5 Å². The third-order valence-corrected chi connectivity index (χ3v) is 3.83. The Morgan fingerprint density at radius 1 is 1.00 bits per heavy atom. The van der Waals surface area contributed by atoms with Crippen LogP contribution in [-0.2, 0) is 19.1 Å². The smallest absolute Gasteiger partial charge is 0.116 e. The van der Waals surface area contributed by atoms with Gasteiger partial charge in [0.1, 0.15) is 12.5 Å². The SMILES string of the molecule is C=C(C)COCC(C)(C)CNC.CC(O)NCC(C)(C)COCC(C)(C)CON.CC=O. The van der Waals surface area contributed by atoms with E-state index in [9.17, 15) is 0 Å². The van der Waals surface area contributed by atoms with Gasteiger partial charge in [-0.2, -0.15) is 0 Å². The fraction of sp³-hybridized carbons (Fsp3) is 0.875. The molecule has 0 aromatic heterocycles. The maximum Gasteiger partial charge on any atom is 0.116 e. The first kappa shape index (κ1) is 35.7. The maximum absolute atomic E-state index is 9.16. The molecular weight excluding hydrogens is 410 g/mol. The number of nitrogens with two attached hydrogens (primary N) is 1. The number of hydrogen-bond donors (Lipinski definition) is 4. The predicted molar refractivity (Wildman–Crippen MR) is 133 cm³/mol. The highest BCUT2D eigenvalue weighted by Crippen LogP contribution is 2.19. The van der Waals surface area contributed by atoms with E-state index in [2.05, 4.69) is 49.7 Å². The van der Waals surface area contributed by atoms with Crippen LogP contribution < -0.4 is 16.5 Å². The number of aliphatic hydroxyl groups excluding tert-OH is 1. The minimum atomic E-state index is -0.489. The summed E-state index contributed by atoms with van der Waals surface area (Å²) in [5.41, 5.74) is 1.19. The molecule has 0 bridgehead atoms. The highest BCUT2D eigenvalue weighted by molar-refractivity contribution is 5.44. The summed E-state index contributed by atoms with van der Waals surface area (Å²) in [5, 5.41) is 15.3. The molecule has 0 aliphatic rings. The average Bonchev–Trinajstić information content (AvgIpc) is 2.60. The Labute approximate surface area is 197 Å². The standard InChI is InChI=1S/C12H28N2O3.C10H21NO.C2H4O/c1-10(15)14-6-11(2,3)7-16-8-12(4,5)9-17-13;1-9(2)6-12-8-10(3,4)7-11-5;1-2-3/h10,14-15H,6-9,13H2,1-5H3;11H,1,6-8H2,2-5H3;2H,1H3. The number of ether oxygens (including phenoxy) is 2. The summed E-state index contributed by atoms with van der Waals surface area (Å²) < 4.78 is 11.2. The van der Waals surface area contributed by atoms with Crippen molar-refractivity contribution in [3.63, 3.8) is 0 Å². The van der Waals surface area contributed by atoms with Crippen molar-refractivity contribution in [3.05, 3.63) is 12.2 Å². The number of aliphatic hydroxyl groups is 1. The van der Waals surface area contributed by atoms with Crippen molar-refractivity contribution in [2.24, 2.45) is 22.1 Å². The third-order valence-electron chi connectivity index (χ3n) is 3.83. The van der Waals surface area contributed by atoms with E-state index in [-0.39, 0.29) is 16.2 Å². The van der Waals surface area contributed by atoms with Crippen molar-refractivity contribution >= 4 is 6.29 Å². The summed E-state index contributed by atoms with van der Waals surface area (Å²) in [6, 6.07) is 0. The number of rotatable bonds is 15. The van der Waals surface area contributed by atoms with Gasteiger partial charge >= 0.3 is 0 Å². The minimum absolute atomic E-state index is 0.0172. The molecule has 5 N–H and O–H groups in total. The van der Waals surface area contributed by atoms with Crippen LogP contribution in [0.25, 0.3) is 0 Å². The van der Waals surface area contributed by atoms with Gasteiger partial charge in [0.05, 0.1) is 33.0 Å². The molecule has 1 unspecified atom stereocenters. The third kappa shape index (κ3) is 29.1. The summed E-state index contributed by atoms with van der Waals surface area (Å²) in [7, 11) is 1.96. The first-order chi connectivity index (χ1) is 14.6. The quantitative estimate of drug-likeness (QED) is 0.127. The van der Waals surface area contributed by atoms with Gasteiger partial charge in [0, 0.05) is 29.3 Å². The molecule has 32 heavy (non-hydrogen) atoms. The second-order valence-corrected chi connectivity index (χ2v) is 10.6. The highest BCUT2D eigenvalue weighted by atomic mass is 16.6. The van der Waals surface area contributed by atoms with Crippen molar-refractivity contribution in [3.8, 4) is 0 Å². The zero-order chi connectivity index (χ0) is 25.8. The number of hydrogen-bond acceptors (Lipinski definition) is 8. The largest absolute Gasteiger partial charge is 0.380 e. The monoisotopic (exact) mass is 463 g/mol. The van der Waals surface area contributed by atoms with Crippen LogP contribution in [0.1, 0.15) is 62.3 Å². The van der Waals surface area contributed by atoms with E-state index in [1.807, 2.05) is 27.8 Å². The molecule has 8 nitrogen and oxygen atoms in total. The number of carbonyl (C=O) groups is 1. The highest BCUT2D eigenvalue weighted by Gasteiger charge is 2.23. The van der Waals surface area contributed by atoms with Gasteiger partial charge in [-0.1, -0.05) is 53.7 Å². The minimum Gasteiger partial charge on any atom is -0.380 e. The zero-order valence-electron chi connectivity index (χ0n) is 22.5. The second-order valence-electron chi connectivity index (χ2n) is 10.6. The van der Waals surface area contributed by atoms with Gasteiger partial charge in [0.2, 0.25) is 0 Å². The molecule has 0 aliphatic heterocycles. The Bertz CT molecular complexity index is 467. The molecule has 0 heterocycles. The Kier molecular flexibility index (Phi) is 21.9. The first-order valence-corrected chi connectivity index (χ1v) is 11.2. The van der Waals surface area contributed by atoms with Crippen LogP contribution in [0.4, 0.5) is 0 Å². The van der Waals surface area contributed by atoms with Crippen molar-refractivity contribution in [1.82, 2.24) is 10.6 Å². The molecule has 0 aromatic carbocycles. The van der Waals surface area contributed by atoms with Gasteiger partial charge < -0.3 is 29.5 Å². The molecule has 0 aromatic rings. The fourth-order valence-corrected chi connectivity index (χ4v) is 2.38. The Balaban J connectivity index is -0.000000489. The molecule has 0 rings (SSSR count). The van der Waals surface area contributed by atoms with Crippen LogP contribution >= 0.6 is 0 Å². The van der Waals surface area contributed by atoms with Crippen LogP contribution in [0.5, 0.6) is 0 Å². The van der Waals surface area contributed by atoms with E-state index in [0.717, 1.165) is 25.0 Å². The lowest BCUT2D eigenvalue weighted by Crippen LogP contribution is -2.38. The predicted octanol–water partition coefficient (Wildman–Crippen LogP) is 2.90. The van der Waals surface area contributed by atoms with Crippen LogP contribution in [0.3, 0.4) is 0 Å². The molecule has 0 aliphatic carbocycles. The summed E-state index contributed by atoms with van der Waals surface area (Å²) in [4.78, 5) is 13.4. The molecule has 0 radical (unpaired) electrons. The van der Waals surface area contributed by atoms with Crippen LogP contribution in [-0.4, -0.2) is 70.8 Å². The molecule has 0 fully saturated rings. The molecular formula is C24H53N3O5. The van der Waals surface area contributed by atoms with E-state index >= 15 is 0 Å². The van der Waals surface area contributed by atoms with E-state index < -0.39 is 6.23 Å². The molecule has 0 saturated carbocycles. The number of nitrogens with one attached hydrogen (secondary N) is 2. The van der Waals surface area contributed by atoms with Gasteiger partial charge in [0.25, 0.3) is 0 Å². The summed E-state index contributed by atoms with van der Waals surface area (Å²) in [5.74, 6) is 5.06. The van der Waals surface area contributed by atoms with Crippen LogP contribution in [0.2, 0.25) is 0 Å². The lowest BCUT2D eigenvalue weighted by atomic mass is 9.93. The number of carbonyl (C=O) groups excluding carboxylic acids is 1. The lowest BCUT2D eigenvalue weighted by Gasteiger charge is -2.29. The normalized spacial score (nSPS) is 12.8. The van der Waals surface area contributed by atoms with Gasteiger partial charge in [0.15, 0.2) is 0 Å². The Morgan fingerprint density at radius 2 is 1.44 bits per heavy atom. The van der Waals surface area contributed by atoms with Crippen LogP contribution in [0.15, 0.2) is 12.2 Å².